The zero-order valence-electron chi connectivity index (χ0n) is 16.7. The van der Waals surface area contributed by atoms with Crippen LogP contribution in [0.5, 0.6) is 5.75 Å². The molecule has 0 radical (unpaired) electrons. The van der Waals surface area contributed by atoms with Crippen molar-refractivity contribution in [1.82, 2.24) is 10.6 Å². The van der Waals surface area contributed by atoms with Gasteiger partial charge < -0.3 is 15.4 Å². The molecule has 0 aromatic heterocycles. The predicted octanol–water partition coefficient (Wildman–Crippen LogP) is 4.92. The molecule has 3 rings (SSSR count). The highest BCUT2D eigenvalue weighted by atomic mass is 32.1. The van der Waals surface area contributed by atoms with E-state index in [1.807, 2.05) is 30.3 Å². The van der Waals surface area contributed by atoms with Crippen LogP contribution in [0.25, 0.3) is 0 Å². The van der Waals surface area contributed by atoms with Gasteiger partial charge in [0.15, 0.2) is 5.11 Å². The van der Waals surface area contributed by atoms with Gasteiger partial charge in [-0.1, -0.05) is 62.7 Å². The fraction of sp³-hybridized carbons (Fsp3) is 0.304. The first-order chi connectivity index (χ1) is 13.3. The Labute approximate surface area is 172 Å². The second-order valence-electron chi connectivity index (χ2n) is 8.03. The van der Waals surface area contributed by atoms with Gasteiger partial charge in [-0.15, -0.1) is 0 Å². The second-order valence-corrected chi connectivity index (χ2v) is 8.44. The molecule has 2 aromatic rings. The van der Waals surface area contributed by atoms with E-state index in [0.29, 0.717) is 17.3 Å². The molecular weight excluding hydrogens is 366 g/mol. The number of rotatable bonds is 4. The van der Waals surface area contributed by atoms with Crippen molar-refractivity contribution in [3.63, 3.8) is 0 Å². The smallest absolute Gasteiger partial charge is 0.171 e. The predicted molar refractivity (Wildman–Crippen MR) is 116 cm³/mol. The number of nitriles is 1. The first-order valence-electron chi connectivity index (χ1n) is 9.28. The van der Waals surface area contributed by atoms with Gasteiger partial charge in [0.1, 0.15) is 12.4 Å². The molecule has 2 N–H and O–H groups in total. The summed E-state index contributed by atoms with van der Waals surface area (Å²) in [5.41, 5.74) is 4.66. The van der Waals surface area contributed by atoms with E-state index in [-0.39, 0.29) is 11.5 Å². The molecule has 1 aliphatic heterocycles. The van der Waals surface area contributed by atoms with Crippen molar-refractivity contribution >= 4 is 17.3 Å². The van der Waals surface area contributed by atoms with E-state index in [2.05, 4.69) is 62.6 Å². The SMILES string of the molecule is Cc1cccc(COc2ccc([C@H]3NC(=S)NC(C(C)(C)C)=C3C#N)cc2)c1. The first-order valence-corrected chi connectivity index (χ1v) is 9.69. The van der Waals surface area contributed by atoms with Crippen LogP contribution < -0.4 is 15.4 Å². The Morgan fingerprint density at radius 3 is 2.46 bits per heavy atom. The van der Waals surface area contributed by atoms with Gasteiger partial charge >= 0.3 is 0 Å². The molecule has 0 saturated carbocycles. The van der Waals surface area contributed by atoms with Crippen molar-refractivity contribution in [3.8, 4) is 11.8 Å². The van der Waals surface area contributed by atoms with Crippen molar-refractivity contribution < 1.29 is 4.74 Å². The van der Waals surface area contributed by atoms with E-state index in [9.17, 15) is 5.26 Å². The molecular formula is C23H25N3OS. The van der Waals surface area contributed by atoms with Crippen LogP contribution in [-0.4, -0.2) is 5.11 Å². The fourth-order valence-corrected chi connectivity index (χ4v) is 3.47. The molecule has 5 heteroatoms. The Kier molecular flexibility index (Phi) is 5.71. The van der Waals surface area contributed by atoms with Crippen molar-refractivity contribution in [2.45, 2.75) is 40.3 Å². The number of aryl methyl sites for hydroxylation is 1. The quantitative estimate of drug-likeness (QED) is 0.725. The van der Waals surface area contributed by atoms with E-state index in [4.69, 9.17) is 17.0 Å². The van der Waals surface area contributed by atoms with E-state index in [1.54, 1.807) is 0 Å². The molecule has 0 aliphatic carbocycles. The molecule has 1 aliphatic rings. The highest BCUT2D eigenvalue weighted by molar-refractivity contribution is 7.80. The largest absolute Gasteiger partial charge is 0.489 e. The summed E-state index contributed by atoms with van der Waals surface area (Å²) in [5, 5.41) is 16.7. The van der Waals surface area contributed by atoms with Crippen LogP contribution in [0.4, 0.5) is 0 Å². The van der Waals surface area contributed by atoms with Crippen molar-refractivity contribution in [2.75, 3.05) is 0 Å². The number of nitrogens with one attached hydrogen (secondary N) is 2. The molecule has 144 valence electrons. The maximum atomic E-state index is 9.77. The lowest BCUT2D eigenvalue weighted by Crippen LogP contribution is -2.46. The lowest BCUT2D eigenvalue weighted by molar-refractivity contribution is 0.306. The van der Waals surface area contributed by atoms with Gasteiger partial charge in [0, 0.05) is 11.1 Å². The lowest BCUT2D eigenvalue weighted by atomic mass is 9.84. The number of hydrogen-bond donors (Lipinski definition) is 2. The van der Waals surface area contributed by atoms with Crippen molar-refractivity contribution in [2.24, 2.45) is 5.41 Å². The summed E-state index contributed by atoms with van der Waals surface area (Å²) in [6.07, 6.45) is 0. The lowest BCUT2D eigenvalue weighted by Gasteiger charge is -2.34. The minimum atomic E-state index is -0.265. The number of nitrogens with zero attached hydrogens (tertiary/aromatic N) is 1. The third-order valence-electron chi connectivity index (χ3n) is 4.64. The monoisotopic (exact) mass is 391 g/mol. The van der Waals surface area contributed by atoms with Crippen LogP contribution in [-0.2, 0) is 6.61 Å². The molecule has 0 spiro atoms. The van der Waals surface area contributed by atoms with Crippen LogP contribution in [0.1, 0.15) is 43.5 Å². The molecule has 28 heavy (non-hydrogen) atoms. The maximum Gasteiger partial charge on any atom is 0.171 e. The molecule has 0 unspecified atom stereocenters. The summed E-state index contributed by atoms with van der Waals surface area (Å²) >= 11 is 5.37. The van der Waals surface area contributed by atoms with Gasteiger partial charge in [0.25, 0.3) is 0 Å². The molecule has 4 nitrogen and oxygen atoms in total. The number of ether oxygens (including phenoxy) is 1. The summed E-state index contributed by atoms with van der Waals surface area (Å²) < 4.78 is 5.90. The van der Waals surface area contributed by atoms with Crippen molar-refractivity contribution in [3.05, 3.63) is 76.5 Å². The zero-order valence-corrected chi connectivity index (χ0v) is 17.5. The molecule has 0 fully saturated rings. The Hall–Kier alpha value is -2.84. The highest BCUT2D eigenvalue weighted by Gasteiger charge is 2.32. The zero-order chi connectivity index (χ0) is 20.3. The van der Waals surface area contributed by atoms with Crippen LogP contribution in [0.3, 0.4) is 0 Å². The number of allylic oxidation sites excluding steroid dienone is 1. The van der Waals surface area contributed by atoms with E-state index < -0.39 is 0 Å². The van der Waals surface area contributed by atoms with Crippen LogP contribution in [0.2, 0.25) is 0 Å². The summed E-state index contributed by atoms with van der Waals surface area (Å²) in [6.45, 7) is 8.80. The second kappa shape index (κ2) is 8.04. The summed E-state index contributed by atoms with van der Waals surface area (Å²) in [4.78, 5) is 0. The van der Waals surface area contributed by atoms with Crippen LogP contribution in [0, 0.1) is 23.7 Å². The van der Waals surface area contributed by atoms with E-state index in [0.717, 1.165) is 22.6 Å². The molecule has 1 heterocycles. The van der Waals surface area contributed by atoms with Crippen LogP contribution in [0.15, 0.2) is 59.8 Å². The average Bonchev–Trinajstić information content (AvgIpc) is 2.65. The topological polar surface area (TPSA) is 57.1 Å². The fourth-order valence-electron chi connectivity index (χ4n) is 3.25. The van der Waals surface area contributed by atoms with Gasteiger partial charge in [-0.2, -0.15) is 5.26 Å². The summed E-state index contributed by atoms with van der Waals surface area (Å²) in [6, 6.07) is 18.2. The van der Waals surface area contributed by atoms with Gasteiger partial charge in [0.05, 0.1) is 17.7 Å². The Balaban J connectivity index is 1.80. The van der Waals surface area contributed by atoms with Crippen LogP contribution >= 0.6 is 12.2 Å². The molecule has 0 amide bonds. The van der Waals surface area contributed by atoms with Gasteiger partial charge in [0.2, 0.25) is 0 Å². The van der Waals surface area contributed by atoms with Gasteiger partial charge in [-0.3, -0.25) is 0 Å². The maximum absolute atomic E-state index is 9.77. The van der Waals surface area contributed by atoms with E-state index in [1.165, 1.54) is 5.56 Å². The Morgan fingerprint density at radius 1 is 1.14 bits per heavy atom. The molecule has 0 saturated heterocycles. The van der Waals surface area contributed by atoms with E-state index >= 15 is 0 Å². The van der Waals surface area contributed by atoms with Gasteiger partial charge in [-0.25, -0.2) is 0 Å². The first kappa shape index (κ1) is 19.9. The normalized spacial score (nSPS) is 16.8. The number of thiocarbonyl (C=S) groups is 1. The molecule has 1 atom stereocenters. The minimum Gasteiger partial charge on any atom is -0.489 e. The number of hydrogen-bond acceptors (Lipinski definition) is 3. The highest BCUT2D eigenvalue weighted by Crippen LogP contribution is 2.34. The minimum absolute atomic E-state index is 0.202. The third-order valence-corrected chi connectivity index (χ3v) is 4.86. The Bertz CT molecular complexity index is 949. The summed E-state index contributed by atoms with van der Waals surface area (Å²) in [5.74, 6) is 0.792. The molecule has 0 bridgehead atoms. The summed E-state index contributed by atoms with van der Waals surface area (Å²) in [7, 11) is 0. The number of benzene rings is 2. The third kappa shape index (κ3) is 4.52. The van der Waals surface area contributed by atoms with Crippen molar-refractivity contribution in [1.29, 1.82) is 5.26 Å². The van der Waals surface area contributed by atoms with Gasteiger partial charge in [-0.05, 0) is 42.4 Å². The molecule has 2 aromatic carbocycles. The standard InChI is InChI=1S/C23H25N3OS/c1-15-6-5-7-16(12-15)14-27-18-10-8-17(9-11-18)20-19(13-24)21(23(2,3)4)26-22(28)25-20/h5-12,20H,14H2,1-4H3,(H2,25,26,28)/t20-/m1/s1. The average molecular weight is 392 g/mol. The Morgan fingerprint density at radius 2 is 1.86 bits per heavy atom.